The third-order valence-corrected chi connectivity index (χ3v) is 2.28. The van der Waals surface area contributed by atoms with Gasteiger partial charge in [0.15, 0.2) is 0 Å². The van der Waals surface area contributed by atoms with Crippen LogP contribution in [0.5, 0.6) is 0 Å². The van der Waals surface area contributed by atoms with Gasteiger partial charge >= 0.3 is 0 Å². The van der Waals surface area contributed by atoms with Gasteiger partial charge in [-0.15, -0.1) is 0 Å². The molecule has 1 atom stereocenters. The quantitative estimate of drug-likeness (QED) is 0.631. The predicted octanol–water partition coefficient (Wildman–Crippen LogP) is 1.43. The number of hydrogen-bond acceptors (Lipinski definition) is 3. The van der Waals surface area contributed by atoms with Crippen molar-refractivity contribution in [1.82, 2.24) is 5.32 Å². The molecule has 0 aromatic heterocycles. The lowest BCUT2D eigenvalue weighted by atomic mass is 10.2. The van der Waals surface area contributed by atoms with Gasteiger partial charge < -0.3 is 14.8 Å². The Morgan fingerprint density at radius 1 is 1.47 bits per heavy atom. The Morgan fingerprint density at radius 2 is 2.33 bits per heavy atom. The summed E-state index contributed by atoms with van der Waals surface area (Å²) in [6, 6.07) is 0. The van der Waals surface area contributed by atoms with Crippen LogP contribution >= 0.6 is 0 Å². The van der Waals surface area contributed by atoms with E-state index in [1.165, 1.54) is 0 Å². The van der Waals surface area contributed by atoms with Gasteiger partial charge in [-0.05, 0) is 25.8 Å². The van der Waals surface area contributed by atoms with E-state index in [1.54, 1.807) is 0 Å². The van der Waals surface area contributed by atoms with Crippen LogP contribution in [0.4, 0.5) is 8.78 Å². The van der Waals surface area contributed by atoms with Crippen molar-refractivity contribution in [2.24, 2.45) is 0 Å². The van der Waals surface area contributed by atoms with E-state index in [2.05, 4.69) is 5.32 Å². The van der Waals surface area contributed by atoms with Crippen LogP contribution in [0.25, 0.3) is 0 Å². The van der Waals surface area contributed by atoms with Gasteiger partial charge in [-0.1, -0.05) is 0 Å². The Hall–Kier alpha value is -0.260. The van der Waals surface area contributed by atoms with E-state index < -0.39 is 13.0 Å². The number of alkyl halides is 2. The Kier molecular flexibility index (Phi) is 6.80. The molecule has 0 spiro atoms. The van der Waals surface area contributed by atoms with Crippen molar-refractivity contribution in [1.29, 1.82) is 0 Å². The van der Waals surface area contributed by atoms with Crippen LogP contribution in [0.3, 0.4) is 0 Å². The Balaban J connectivity index is 1.76. The second-order valence-electron chi connectivity index (χ2n) is 3.66. The highest BCUT2D eigenvalue weighted by Crippen LogP contribution is 2.10. The van der Waals surface area contributed by atoms with Crippen molar-refractivity contribution in [3.05, 3.63) is 0 Å². The van der Waals surface area contributed by atoms with E-state index in [1.807, 2.05) is 0 Å². The molecule has 1 unspecified atom stereocenters. The van der Waals surface area contributed by atoms with Gasteiger partial charge in [-0.25, -0.2) is 8.78 Å². The minimum absolute atomic E-state index is 0.340. The van der Waals surface area contributed by atoms with Crippen LogP contribution in [0.15, 0.2) is 0 Å². The van der Waals surface area contributed by atoms with E-state index in [0.717, 1.165) is 39.0 Å². The topological polar surface area (TPSA) is 30.5 Å². The Bertz CT molecular complexity index is 152. The van der Waals surface area contributed by atoms with Crippen molar-refractivity contribution in [2.75, 3.05) is 32.9 Å². The average molecular weight is 223 g/mol. The summed E-state index contributed by atoms with van der Waals surface area (Å²) in [5.41, 5.74) is 0. The summed E-state index contributed by atoms with van der Waals surface area (Å²) >= 11 is 0. The number of ether oxygens (including phenoxy) is 2. The summed E-state index contributed by atoms with van der Waals surface area (Å²) in [7, 11) is 0. The molecule has 1 heterocycles. The number of hydrogen-bond donors (Lipinski definition) is 1. The lowest BCUT2D eigenvalue weighted by Gasteiger charge is -2.10. The van der Waals surface area contributed by atoms with Crippen LogP contribution in [0, 0.1) is 0 Å². The molecule has 1 aliphatic heterocycles. The molecule has 15 heavy (non-hydrogen) atoms. The van der Waals surface area contributed by atoms with Gasteiger partial charge in [0.1, 0.15) is 6.61 Å². The van der Waals surface area contributed by atoms with Crippen molar-refractivity contribution in [3.8, 4) is 0 Å². The summed E-state index contributed by atoms with van der Waals surface area (Å²) in [5.74, 6) is 0. The third-order valence-electron chi connectivity index (χ3n) is 2.28. The Labute approximate surface area is 89.1 Å². The molecular weight excluding hydrogens is 204 g/mol. The SMILES string of the molecule is FC(F)COCCCNCC1CCCO1. The molecule has 0 bridgehead atoms. The molecular formula is C10H19F2NO2. The van der Waals surface area contributed by atoms with E-state index in [0.29, 0.717) is 12.7 Å². The highest BCUT2D eigenvalue weighted by molar-refractivity contribution is 4.67. The monoisotopic (exact) mass is 223 g/mol. The van der Waals surface area contributed by atoms with Crippen molar-refractivity contribution in [3.63, 3.8) is 0 Å². The number of halogens is 2. The van der Waals surface area contributed by atoms with E-state index in [9.17, 15) is 8.78 Å². The summed E-state index contributed by atoms with van der Waals surface area (Å²) in [6.45, 7) is 2.45. The second-order valence-corrected chi connectivity index (χ2v) is 3.66. The predicted molar refractivity (Wildman–Crippen MR) is 53.3 cm³/mol. The van der Waals surface area contributed by atoms with Crippen LogP contribution in [0.2, 0.25) is 0 Å². The first-order chi connectivity index (χ1) is 7.29. The fraction of sp³-hybridized carbons (Fsp3) is 1.00. The first kappa shape index (κ1) is 12.8. The molecule has 0 aliphatic carbocycles. The molecule has 0 radical (unpaired) electrons. The lowest BCUT2D eigenvalue weighted by molar-refractivity contribution is 0.0166. The van der Waals surface area contributed by atoms with Gasteiger partial charge in [-0.2, -0.15) is 0 Å². The van der Waals surface area contributed by atoms with Crippen LogP contribution in [-0.2, 0) is 9.47 Å². The summed E-state index contributed by atoms with van der Waals surface area (Å²) in [5, 5.41) is 3.22. The zero-order chi connectivity index (χ0) is 10.9. The molecule has 1 fully saturated rings. The minimum Gasteiger partial charge on any atom is -0.377 e. The Morgan fingerprint density at radius 3 is 3.00 bits per heavy atom. The molecule has 1 saturated heterocycles. The van der Waals surface area contributed by atoms with Crippen molar-refractivity contribution >= 4 is 0 Å². The molecule has 5 heteroatoms. The highest BCUT2D eigenvalue weighted by atomic mass is 19.3. The first-order valence-electron chi connectivity index (χ1n) is 5.47. The highest BCUT2D eigenvalue weighted by Gasteiger charge is 2.13. The molecule has 0 aromatic carbocycles. The normalized spacial score (nSPS) is 21.4. The van der Waals surface area contributed by atoms with Gasteiger partial charge in [-0.3, -0.25) is 0 Å². The van der Waals surface area contributed by atoms with Gasteiger partial charge in [0, 0.05) is 19.8 Å². The fourth-order valence-electron chi connectivity index (χ4n) is 1.54. The number of rotatable bonds is 8. The molecule has 1 rings (SSSR count). The van der Waals surface area contributed by atoms with Crippen molar-refractivity contribution in [2.45, 2.75) is 31.8 Å². The number of nitrogens with one attached hydrogen (secondary N) is 1. The fourth-order valence-corrected chi connectivity index (χ4v) is 1.54. The zero-order valence-corrected chi connectivity index (χ0v) is 8.88. The first-order valence-corrected chi connectivity index (χ1v) is 5.47. The summed E-state index contributed by atoms with van der Waals surface area (Å²) in [4.78, 5) is 0. The smallest absolute Gasteiger partial charge is 0.261 e. The maximum absolute atomic E-state index is 11.7. The standard InChI is InChI=1S/C10H19F2NO2/c11-10(12)8-14-5-2-4-13-7-9-3-1-6-15-9/h9-10,13H,1-8H2. The minimum atomic E-state index is -2.36. The molecule has 0 aromatic rings. The molecule has 90 valence electrons. The summed E-state index contributed by atoms with van der Waals surface area (Å²) in [6.07, 6.45) is 1.01. The van der Waals surface area contributed by atoms with Gasteiger partial charge in [0.25, 0.3) is 6.43 Å². The van der Waals surface area contributed by atoms with Crippen LogP contribution in [-0.4, -0.2) is 45.4 Å². The zero-order valence-electron chi connectivity index (χ0n) is 8.88. The third kappa shape index (κ3) is 6.76. The maximum Gasteiger partial charge on any atom is 0.261 e. The molecule has 1 aliphatic rings. The lowest BCUT2D eigenvalue weighted by Crippen LogP contribution is -2.27. The van der Waals surface area contributed by atoms with E-state index in [4.69, 9.17) is 9.47 Å². The maximum atomic E-state index is 11.7. The average Bonchev–Trinajstić information content (AvgIpc) is 2.68. The molecule has 3 nitrogen and oxygen atoms in total. The van der Waals surface area contributed by atoms with E-state index in [-0.39, 0.29) is 0 Å². The molecule has 0 saturated carbocycles. The largest absolute Gasteiger partial charge is 0.377 e. The second kappa shape index (κ2) is 7.96. The van der Waals surface area contributed by atoms with Gasteiger partial charge in [0.2, 0.25) is 0 Å². The van der Waals surface area contributed by atoms with E-state index >= 15 is 0 Å². The van der Waals surface area contributed by atoms with Gasteiger partial charge in [0.05, 0.1) is 6.10 Å². The van der Waals surface area contributed by atoms with Crippen LogP contribution in [0.1, 0.15) is 19.3 Å². The van der Waals surface area contributed by atoms with Crippen LogP contribution < -0.4 is 5.32 Å². The molecule has 1 N–H and O–H groups in total. The molecule has 0 amide bonds. The van der Waals surface area contributed by atoms with Crippen molar-refractivity contribution < 1.29 is 18.3 Å². The summed E-state index contributed by atoms with van der Waals surface area (Å²) < 4.78 is 33.5.